The van der Waals surface area contributed by atoms with Crippen LogP contribution in [-0.2, 0) is 0 Å². The highest BCUT2D eigenvalue weighted by molar-refractivity contribution is 9.10. The van der Waals surface area contributed by atoms with Crippen molar-refractivity contribution in [2.45, 2.75) is 18.6 Å². The van der Waals surface area contributed by atoms with Crippen molar-refractivity contribution >= 4 is 21.7 Å². The molecular formula is C10H11BrFN3O3. The number of hydrogen-bond acceptors (Lipinski definition) is 5. The van der Waals surface area contributed by atoms with Crippen LogP contribution in [0.2, 0.25) is 0 Å². The number of aliphatic hydroxyl groups excluding tert-OH is 2. The number of anilines is 1. The number of rotatable bonds is 2. The Morgan fingerprint density at radius 2 is 2.33 bits per heavy atom. The zero-order chi connectivity index (χ0) is 13.4. The molecule has 0 saturated carbocycles. The lowest BCUT2D eigenvalue weighted by Crippen LogP contribution is -2.27. The van der Waals surface area contributed by atoms with Crippen LogP contribution in [0.5, 0.6) is 0 Å². The van der Waals surface area contributed by atoms with E-state index in [0.717, 1.165) is 4.57 Å². The Morgan fingerprint density at radius 1 is 1.67 bits per heavy atom. The summed E-state index contributed by atoms with van der Waals surface area (Å²) in [5, 5.41) is 18.5. The summed E-state index contributed by atoms with van der Waals surface area (Å²) in [5.74, 6) is -0.688. The number of hydrogen-bond donors (Lipinski definition) is 3. The standard InChI is InChI=1S/C10H11BrFN3O3/c11-5-2-15(10(18)14-9(5)13)6-1-7(17)4(3-16)8(6)12/h2,6-7,16-17H,1,3H2,(H2,13,14,18). The molecule has 2 unspecified atom stereocenters. The molecular weight excluding hydrogens is 309 g/mol. The molecule has 0 saturated heterocycles. The predicted molar refractivity (Wildman–Crippen MR) is 65.5 cm³/mol. The fourth-order valence-corrected chi connectivity index (χ4v) is 2.24. The van der Waals surface area contributed by atoms with Crippen LogP contribution in [0.25, 0.3) is 0 Å². The van der Waals surface area contributed by atoms with Gasteiger partial charge in [0.15, 0.2) is 0 Å². The Morgan fingerprint density at radius 3 is 2.89 bits per heavy atom. The molecule has 1 aromatic rings. The van der Waals surface area contributed by atoms with E-state index in [1.807, 2.05) is 0 Å². The summed E-state index contributed by atoms with van der Waals surface area (Å²) >= 11 is 3.10. The van der Waals surface area contributed by atoms with Gasteiger partial charge in [-0.3, -0.25) is 4.57 Å². The molecule has 0 bridgehead atoms. The second-order valence-corrected chi connectivity index (χ2v) is 4.82. The lowest BCUT2D eigenvalue weighted by molar-refractivity contribution is 0.181. The number of aliphatic hydroxyl groups is 2. The highest BCUT2D eigenvalue weighted by Gasteiger charge is 2.34. The minimum absolute atomic E-state index is 0.0142. The van der Waals surface area contributed by atoms with Crippen molar-refractivity contribution in [3.63, 3.8) is 0 Å². The Kier molecular flexibility index (Phi) is 3.51. The van der Waals surface area contributed by atoms with Gasteiger partial charge in [-0.1, -0.05) is 0 Å². The smallest absolute Gasteiger partial charge is 0.350 e. The van der Waals surface area contributed by atoms with Crippen molar-refractivity contribution < 1.29 is 14.6 Å². The molecule has 0 radical (unpaired) electrons. The summed E-state index contributed by atoms with van der Waals surface area (Å²) in [7, 11) is 0. The number of allylic oxidation sites excluding steroid dienone is 1. The number of nitrogens with zero attached hydrogens (tertiary/aromatic N) is 2. The highest BCUT2D eigenvalue weighted by atomic mass is 79.9. The molecule has 1 aliphatic carbocycles. The first-order valence-electron chi connectivity index (χ1n) is 5.17. The van der Waals surface area contributed by atoms with E-state index in [-0.39, 0.29) is 17.8 Å². The molecule has 2 rings (SSSR count). The average molecular weight is 320 g/mol. The molecule has 6 nitrogen and oxygen atoms in total. The summed E-state index contributed by atoms with van der Waals surface area (Å²) in [4.78, 5) is 15.2. The highest BCUT2D eigenvalue weighted by Crippen LogP contribution is 2.36. The molecule has 4 N–H and O–H groups in total. The molecule has 1 aromatic heterocycles. The lowest BCUT2D eigenvalue weighted by Gasteiger charge is -2.14. The van der Waals surface area contributed by atoms with Gasteiger partial charge in [0.25, 0.3) is 0 Å². The van der Waals surface area contributed by atoms with Gasteiger partial charge in [-0.15, -0.1) is 0 Å². The molecule has 0 amide bonds. The molecule has 0 aliphatic heterocycles. The van der Waals surface area contributed by atoms with Gasteiger partial charge in [-0.05, 0) is 15.9 Å². The van der Waals surface area contributed by atoms with E-state index >= 15 is 0 Å². The molecule has 1 aliphatic rings. The van der Waals surface area contributed by atoms with Crippen molar-refractivity contribution in [2.24, 2.45) is 0 Å². The molecule has 0 spiro atoms. The van der Waals surface area contributed by atoms with Gasteiger partial charge in [0.1, 0.15) is 11.6 Å². The van der Waals surface area contributed by atoms with Gasteiger partial charge in [0.05, 0.1) is 23.2 Å². The maximum absolute atomic E-state index is 13.9. The zero-order valence-electron chi connectivity index (χ0n) is 9.18. The fourth-order valence-electron chi connectivity index (χ4n) is 1.93. The summed E-state index contributed by atoms with van der Waals surface area (Å²) < 4.78 is 15.3. The molecule has 1 heterocycles. The van der Waals surface area contributed by atoms with Crippen LogP contribution in [0.4, 0.5) is 10.2 Å². The molecule has 8 heteroatoms. The van der Waals surface area contributed by atoms with Gasteiger partial charge >= 0.3 is 5.69 Å². The van der Waals surface area contributed by atoms with Gasteiger partial charge in [0.2, 0.25) is 0 Å². The Labute approximate surface area is 110 Å². The number of halogens is 2. The first-order chi connectivity index (χ1) is 8.45. The monoisotopic (exact) mass is 319 g/mol. The molecule has 98 valence electrons. The van der Waals surface area contributed by atoms with Crippen molar-refractivity contribution in [3.05, 3.63) is 32.6 Å². The Bertz CT molecular complexity index is 572. The minimum atomic E-state index is -1.09. The van der Waals surface area contributed by atoms with Crippen molar-refractivity contribution in [1.29, 1.82) is 0 Å². The van der Waals surface area contributed by atoms with Crippen molar-refractivity contribution in [1.82, 2.24) is 9.55 Å². The third-order valence-electron chi connectivity index (χ3n) is 2.89. The Hall–Kier alpha value is -1.25. The third kappa shape index (κ3) is 2.06. The third-order valence-corrected chi connectivity index (χ3v) is 3.50. The molecule has 0 fully saturated rings. The number of nitrogen functional groups attached to an aromatic ring is 1. The summed E-state index contributed by atoms with van der Waals surface area (Å²) in [5.41, 5.74) is 4.63. The van der Waals surface area contributed by atoms with E-state index in [2.05, 4.69) is 20.9 Å². The van der Waals surface area contributed by atoms with Crippen LogP contribution >= 0.6 is 15.9 Å². The zero-order valence-corrected chi connectivity index (χ0v) is 10.8. The van der Waals surface area contributed by atoms with Crippen molar-refractivity contribution in [2.75, 3.05) is 12.3 Å². The first-order valence-corrected chi connectivity index (χ1v) is 5.96. The maximum Gasteiger partial charge on any atom is 0.350 e. The minimum Gasteiger partial charge on any atom is -0.392 e. The number of aromatic nitrogens is 2. The molecule has 2 atom stereocenters. The van der Waals surface area contributed by atoms with Gasteiger partial charge in [0, 0.05) is 18.2 Å². The lowest BCUT2D eigenvalue weighted by atomic mass is 10.2. The second kappa shape index (κ2) is 4.79. The first kappa shape index (κ1) is 13.2. The quantitative estimate of drug-likeness (QED) is 0.718. The summed E-state index contributed by atoms with van der Waals surface area (Å²) in [6.45, 7) is -0.582. The van der Waals surface area contributed by atoms with Gasteiger partial charge in [-0.2, -0.15) is 4.98 Å². The topological polar surface area (TPSA) is 101 Å². The second-order valence-electron chi connectivity index (χ2n) is 3.96. The normalized spacial score (nSPS) is 23.8. The van der Waals surface area contributed by atoms with Crippen LogP contribution in [0.3, 0.4) is 0 Å². The molecule has 18 heavy (non-hydrogen) atoms. The van der Waals surface area contributed by atoms with E-state index in [9.17, 15) is 14.3 Å². The van der Waals surface area contributed by atoms with Crippen LogP contribution in [-0.4, -0.2) is 32.5 Å². The van der Waals surface area contributed by atoms with Crippen LogP contribution in [0.15, 0.2) is 26.9 Å². The maximum atomic E-state index is 13.9. The fraction of sp³-hybridized carbons (Fsp3) is 0.400. The van der Waals surface area contributed by atoms with E-state index in [1.165, 1.54) is 6.20 Å². The van der Waals surface area contributed by atoms with E-state index < -0.39 is 30.3 Å². The van der Waals surface area contributed by atoms with Gasteiger partial charge < -0.3 is 15.9 Å². The van der Waals surface area contributed by atoms with E-state index in [4.69, 9.17) is 10.8 Å². The van der Waals surface area contributed by atoms with Crippen LogP contribution < -0.4 is 11.4 Å². The van der Waals surface area contributed by atoms with Crippen molar-refractivity contribution in [3.8, 4) is 0 Å². The average Bonchev–Trinajstić information content (AvgIpc) is 2.59. The van der Waals surface area contributed by atoms with Crippen LogP contribution in [0, 0.1) is 0 Å². The molecule has 0 aromatic carbocycles. The largest absolute Gasteiger partial charge is 0.392 e. The SMILES string of the molecule is Nc1nc(=O)n(C2CC(O)C(CO)=C2F)cc1Br. The number of nitrogens with two attached hydrogens (primary N) is 1. The van der Waals surface area contributed by atoms with E-state index in [1.54, 1.807) is 0 Å². The summed E-state index contributed by atoms with van der Waals surface area (Å²) in [6.07, 6.45) is 0.213. The summed E-state index contributed by atoms with van der Waals surface area (Å²) in [6, 6.07) is -0.959. The predicted octanol–water partition coefficient (Wildman–Crippen LogP) is 0.110. The Balaban J connectivity index is 2.49. The van der Waals surface area contributed by atoms with Crippen LogP contribution in [0.1, 0.15) is 12.5 Å². The van der Waals surface area contributed by atoms with E-state index in [0.29, 0.717) is 4.47 Å². The van der Waals surface area contributed by atoms with Gasteiger partial charge in [-0.25, -0.2) is 9.18 Å².